The molecule has 2 aliphatic rings. The molecule has 1 saturated heterocycles. The lowest BCUT2D eigenvalue weighted by Crippen LogP contribution is -2.41. The Bertz CT molecular complexity index is 319. The summed E-state index contributed by atoms with van der Waals surface area (Å²) in [5, 5.41) is 4.46. The van der Waals surface area contributed by atoms with Gasteiger partial charge in [0.05, 0.1) is 0 Å². The highest BCUT2D eigenvalue weighted by atomic mass is 32.2. The standard InChI is InChI=1S/C13H17NS/c1-2-7-12-10(5-1)9-13(15-12)11-6-3-4-8-14-11/h1-2,5,7,11,13-14H,3-4,6,8-9H2. The van der Waals surface area contributed by atoms with E-state index in [0.29, 0.717) is 0 Å². The van der Waals surface area contributed by atoms with E-state index in [2.05, 4.69) is 41.3 Å². The Morgan fingerprint density at radius 2 is 2.13 bits per heavy atom. The lowest BCUT2D eigenvalue weighted by molar-refractivity contribution is 0.392. The minimum atomic E-state index is 0.746. The van der Waals surface area contributed by atoms with Gasteiger partial charge >= 0.3 is 0 Å². The monoisotopic (exact) mass is 219 g/mol. The Morgan fingerprint density at radius 1 is 1.20 bits per heavy atom. The number of thioether (sulfide) groups is 1. The van der Waals surface area contributed by atoms with Crippen molar-refractivity contribution in [1.29, 1.82) is 0 Å². The summed E-state index contributed by atoms with van der Waals surface area (Å²) in [6.45, 7) is 1.22. The molecule has 0 amide bonds. The van der Waals surface area contributed by atoms with Gasteiger partial charge in [-0.05, 0) is 37.4 Å². The van der Waals surface area contributed by atoms with Gasteiger partial charge in [0.25, 0.3) is 0 Å². The molecule has 1 fully saturated rings. The number of hydrogen-bond acceptors (Lipinski definition) is 2. The van der Waals surface area contributed by atoms with E-state index < -0.39 is 0 Å². The van der Waals surface area contributed by atoms with Crippen LogP contribution in [0.25, 0.3) is 0 Å². The molecule has 0 spiro atoms. The van der Waals surface area contributed by atoms with E-state index in [-0.39, 0.29) is 0 Å². The van der Waals surface area contributed by atoms with Crippen molar-refractivity contribution in [3.05, 3.63) is 29.8 Å². The minimum absolute atomic E-state index is 0.746. The minimum Gasteiger partial charge on any atom is -0.313 e. The van der Waals surface area contributed by atoms with Crippen molar-refractivity contribution < 1.29 is 0 Å². The average molecular weight is 219 g/mol. The first-order valence-corrected chi connectivity index (χ1v) is 6.79. The topological polar surface area (TPSA) is 12.0 Å². The number of piperidine rings is 1. The Hall–Kier alpha value is -0.470. The molecular weight excluding hydrogens is 202 g/mol. The fourth-order valence-corrected chi connectivity index (χ4v) is 4.07. The zero-order chi connectivity index (χ0) is 10.1. The van der Waals surface area contributed by atoms with Crippen LogP contribution in [0, 0.1) is 0 Å². The summed E-state index contributed by atoms with van der Waals surface area (Å²) in [4.78, 5) is 1.51. The highest BCUT2D eigenvalue weighted by Gasteiger charge is 2.29. The van der Waals surface area contributed by atoms with Crippen LogP contribution in [0.5, 0.6) is 0 Å². The first kappa shape index (κ1) is 9.73. The van der Waals surface area contributed by atoms with Gasteiger partial charge in [-0.3, -0.25) is 0 Å². The third kappa shape index (κ3) is 1.93. The van der Waals surface area contributed by atoms with E-state index in [4.69, 9.17) is 0 Å². The Balaban J connectivity index is 1.72. The van der Waals surface area contributed by atoms with Crippen molar-refractivity contribution in [2.45, 2.75) is 41.9 Å². The second-order valence-corrected chi connectivity index (χ2v) is 5.81. The van der Waals surface area contributed by atoms with Gasteiger partial charge in [0.15, 0.2) is 0 Å². The maximum atomic E-state index is 3.68. The summed E-state index contributed by atoms with van der Waals surface area (Å²) in [5.41, 5.74) is 1.56. The highest BCUT2D eigenvalue weighted by Crippen LogP contribution is 2.39. The summed E-state index contributed by atoms with van der Waals surface area (Å²) in [5.74, 6) is 0. The normalized spacial score (nSPS) is 30.1. The van der Waals surface area contributed by atoms with Gasteiger partial charge in [-0.1, -0.05) is 24.6 Å². The highest BCUT2D eigenvalue weighted by molar-refractivity contribution is 8.00. The lowest BCUT2D eigenvalue weighted by atomic mass is 9.98. The summed E-state index contributed by atoms with van der Waals surface area (Å²) in [6, 6.07) is 9.61. The molecule has 2 aliphatic heterocycles. The predicted octanol–water partition coefficient (Wildman–Crippen LogP) is 2.85. The SMILES string of the molecule is c1ccc2c(c1)CC(C1CCCCN1)S2. The number of hydrogen-bond donors (Lipinski definition) is 1. The number of benzene rings is 1. The summed E-state index contributed by atoms with van der Waals surface area (Å²) in [6.07, 6.45) is 5.40. The predicted molar refractivity (Wildman–Crippen MR) is 65.4 cm³/mol. The van der Waals surface area contributed by atoms with Crippen LogP contribution < -0.4 is 5.32 Å². The second-order valence-electron chi connectivity index (χ2n) is 4.52. The van der Waals surface area contributed by atoms with Crippen molar-refractivity contribution in [1.82, 2.24) is 5.32 Å². The zero-order valence-electron chi connectivity index (χ0n) is 8.91. The third-order valence-electron chi connectivity index (χ3n) is 3.47. The molecule has 0 saturated carbocycles. The largest absolute Gasteiger partial charge is 0.313 e. The van der Waals surface area contributed by atoms with Crippen molar-refractivity contribution >= 4 is 11.8 Å². The van der Waals surface area contributed by atoms with Gasteiger partial charge in [0, 0.05) is 16.2 Å². The molecule has 15 heavy (non-hydrogen) atoms. The van der Waals surface area contributed by atoms with Gasteiger partial charge < -0.3 is 5.32 Å². The molecule has 2 atom stereocenters. The van der Waals surface area contributed by atoms with Crippen LogP contribution >= 0.6 is 11.8 Å². The fourth-order valence-electron chi connectivity index (χ4n) is 2.63. The number of fused-ring (bicyclic) bond motifs is 1. The molecule has 0 aliphatic carbocycles. The van der Waals surface area contributed by atoms with Crippen LogP contribution in [0.15, 0.2) is 29.2 Å². The van der Waals surface area contributed by atoms with E-state index in [9.17, 15) is 0 Å². The molecule has 80 valence electrons. The molecule has 1 N–H and O–H groups in total. The molecule has 1 aromatic rings. The van der Waals surface area contributed by atoms with Gasteiger partial charge in [-0.2, -0.15) is 0 Å². The van der Waals surface area contributed by atoms with Gasteiger partial charge in [-0.25, -0.2) is 0 Å². The van der Waals surface area contributed by atoms with Crippen LogP contribution in [0.4, 0.5) is 0 Å². The Morgan fingerprint density at radius 3 is 2.93 bits per heavy atom. The van der Waals surface area contributed by atoms with Crippen LogP contribution in [-0.4, -0.2) is 17.8 Å². The van der Waals surface area contributed by atoms with E-state index in [1.165, 1.54) is 37.1 Å². The quantitative estimate of drug-likeness (QED) is 0.779. The molecular formula is C13H17NS. The molecule has 2 unspecified atom stereocenters. The molecule has 2 heteroatoms. The van der Waals surface area contributed by atoms with Crippen LogP contribution in [0.1, 0.15) is 24.8 Å². The van der Waals surface area contributed by atoms with Crippen LogP contribution in [-0.2, 0) is 6.42 Å². The first-order chi connectivity index (χ1) is 7.43. The van der Waals surface area contributed by atoms with E-state index >= 15 is 0 Å². The van der Waals surface area contributed by atoms with Crippen molar-refractivity contribution in [2.24, 2.45) is 0 Å². The molecule has 0 radical (unpaired) electrons. The second kappa shape index (κ2) is 4.18. The maximum Gasteiger partial charge on any atom is 0.0289 e. The summed E-state index contributed by atoms with van der Waals surface area (Å²) >= 11 is 2.08. The fraction of sp³-hybridized carbons (Fsp3) is 0.538. The lowest BCUT2D eigenvalue weighted by Gasteiger charge is -2.28. The molecule has 2 heterocycles. The van der Waals surface area contributed by atoms with Gasteiger partial charge in [0.1, 0.15) is 0 Å². The van der Waals surface area contributed by atoms with Gasteiger partial charge in [0.2, 0.25) is 0 Å². The first-order valence-electron chi connectivity index (χ1n) is 5.91. The van der Waals surface area contributed by atoms with Crippen molar-refractivity contribution in [3.8, 4) is 0 Å². The average Bonchev–Trinajstić information content (AvgIpc) is 2.74. The van der Waals surface area contributed by atoms with E-state index in [1.54, 1.807) is 5.56 Å². The van der Waals surface area contributed by atoms with Crippen molar-refractivity contribution in [2.75, 3.05) is 6.54 Å². The molecule has 0 bridgehead atoms. The molecule has 3 rings (SSSR count). The van der Waals surface area contributed by atoms with Gasteiger partial charge in [-0.15, -0.1) is 11.8 Å². The third-order valence-corrected chi connectivity index (χ3v) is 4.92. The smallest absolute Gasteiger partial charge is 0.0289 e. The Kier molecular flexibility index (Phi) is 2.72. The molecule has 0 aromatic heterocycles. The van der Waals surface area contributed by atoms with Crippen LogP contribution in [0.3, 0.4) is 0 Å². The van der Waals surface area contributed by atoms with Crippen LogP contribution in [0.2, 0.25) is 0 Å². The van der Waals surface area contributed by atoms with E-state index in [1.807, 2.05) is 0 Å². The number of rotatable bonds is 1. The maximum absolute atomic E-state index is 3.68. The zero-order valence-corrected chi connectivity index (χ0v) is 9.72. The van der Waals surface area contributed by atoms with Crippen molar-refractivity contribution in [3.63, 3.8) is 0 Å². The number of nitrogens with one attached hydrogen (secondary N) is 1. The van der Waals surface area contributed by atoms with E-state index in [0.717, 1.165) is 11.3 Å². The molecule has 1 aromatic carbocycles. The summed E-state index contributed by atoms with van der Waals surface area (Å²) in [7, 11) is 0. The Labute approximate surface area is 95.6 Å². The molecule has 1 nitrogen and oxygen atoms in total. The summed E-state index contributed by atoms with van der Waals surface area (Å²) < 4.78 is 0.